The van der Waals surface area contributed by atoms with Crippen molar-refractivity contribution in [2.24, 2.45) is 0 Å². The minimum atomic E-state index is -2.01. The molecule has 0 aromatic heterocycles. The Bertz CT molecular complexity index is 537. The second kappa shape index (κ2) is 4.65. The quantitative estimate of drug-likeness (QED) is 0.533. The molecule has 106 valence electrons. The van der Waals surface area contributed by atoms with Gasteiger partial charge >= 0.3 is 0 Å². The lowest BCUT2D eigenvalue weighted by molar-refractivity contribution is -0.220. The number of methoxy groups -OCH3 is 2. The highest BCUT2D eigenvalue weighted by Crippen LogP contribution is 2.70. The first-order chi connectivity index (χ1) is 8.66. The molecule has 0 aromatic carbocycles. The van der Waals surface area contributed by atoms with Gasteiger partial charge in [0.1, 0.15) is 9.91 Å². The van der Waals surface area contributed by atoms with E-state index in [1.165, 1.54) is 14.2 Å². The summed E-state index contributed by atoms with van der Waals surface area (Å²) in [7, 11) is 2.42. The van der Waals surface area contributed by atoms with Crippen LogP contribution in [0, 0.1) is 0 Å². The molecule has 0 amide bonds. The van der Waals surface area contributed by atoms with Crippen molar-refractivity contribution in [1.82, 2.24) is 0 Å². The number of ether oxygens (including phenoxy) is 2. The number of hydrogen-bond acceptors (Lipinski definition) is 3. The van der Waals surface area contributed by atoms with Crippen molar-refractivity contribution in [2.45, 2.75) is 15.5 Å². The van der Waals surface area contributed by atoms with Crippen LogP contribution in [0.3, 0.4) is 0 Å². The van der Waals surface area contributed by atoms with Crippen molar-refractivity contribution < 1.29 is 14.3 Å². The summed E-state index contributed by atoms with van der Waals surface area (Å²) >= 11 is 36.7. The summed E-state index contributed by atoms with van der Waals surface area (Å²) in [5.41, 5.74) is 0. The standard InChI is InChI=1S/C10H6Cl6O3/c1-18-10(19-2)7(17)3(11)4(12)8(15)5(13)6(14)9(8,10)16/h1-2H3/t8-,9+/m1/s1. The minimum absolute atomic E-state index is 0.0278. The zero-order chi connectivity index (χ0) is 14.8. The molecule has 2 aliphatic carbocycles. The zero-order valence-corrected chi connectivity index (χ0v) is 14.0. The van der Waals surface area contributed by atoms with Gasteiger partial charge in [0, 0.05) is 14.2 Å². The molecule has 0 fully saturated rings. The average molecular weight is 387 g/mol. The minimum Gasteiger partial charge on any atom is -0.345 e. The molecule has 19 heavy (non-hydrogen) atoms. The number of Topliss-reactive ketones (excluding diaryl/α,β-unsaturated/α-hetero) is 1. The lowest BCUT2D eigenvalue weighted by Gasteiger charge is -2.59. The van der Waals surface area contributed by atoms with E-state index in [0.717, 1.165) is 0 Å². The summed E-state index contributed by atoms with van der Waals surface area (Å²) in [5.74, 6) is -2.79. The third kappa shape index (κ3) is 1.44. The number of alkyl halides is 2. The van der Waals surface area contributed by atoms with Gasteiger partial charge in [-0.25, -0.2) is 0 Å². The number of carbonyl (C=O) groups excluding carboxylic acids is 1. The summed E-state index contributed by atoms with van der Waals surface area (Å²) in [5, 5.41) is -0.681. The van der Waals surface area contributed by atoms with Crippen molar-refractivity contribution in [3.05, 3.63) is 20.1 Å². The maximum Gasteiger partial charge on any atom is 0.261 e. The van der Waals surface area contributed by atoms with Crippen molar-refractivity contribution in [3.8, 4) is 0 Å². The van der Waals surface area contributed by atoms with Crippen LogP contribution >= 0.6 is 69.6 Å². The summed E-state index contributed by atoms with van der Waals surface area (Å²) in [4.78, 5) is 8.85. The second-order valence-electron chi connectivity index (χ2n) is 3.93. The zero-order valence-electron chi connectivity index (χ0n) is 9.49. The van der Waals surface area contributed by atoms with Crippen molar-refractivity contribution >= 4 is 75.4 Å². The van der Waals surface area contributed by atoms with Crippen LogP contribution in [0.25, 0.3) is 0 Å². The van der Waals surface area contributed by atoms with Gasteiger partial charge in [-0.3, -0.25) is 4.79 Å². The second-order valence-corrected chi connectivity index (χ2v) is 6.57. The van der Waals surface area contributed by atoms with Crippen LogP contribution in [0.1, 0.15) is 0 Å². The molecule has 0 saturated heterocycles. The smallest absolute Gasteiger partial charge is 0.261 e. The number of carbonyl (C=O) groups is 1. The Morgan fingerprint density at radius 1 is 0.895 bits per heavy atom. The van der Waals surface area contributed by atoms with Gasteiger partial charge in [-0.05, 0) is 0 Å². The fourth-order valence-electron chi connectivity index (χ4n) is 2.26. The number of ketones is 1. The Hall–Kier alpha value is 0.810. The molecule has 0 aliphatic heterocycles. The number of rotatable bonds is 2. The van der Waals surface area contributed by atoms with Crippen LogP contribution in [0.4, 0.5) is 0 Å². The lowest BCUT2D eigenvalue weighted by Crippen LogP contribution is -2.75. The van der Waals surface area contributed by atoms with E-state index >= 15 is 0 Å². The first-order valence-electron chi connectivity index (χ1n) is 4.81. The van der Waals surface area contributed by atoms with E-state index in [2.05, 4.69) is 0 Å². The van der Waals surface area contributed by atoms with Crippen LogP contribution in [-0.2, 0) is 14.3 Å². The fraction of sp³-hybridized carbons (Fsp3) is 0.500. The Kier molecular flexibility index (Phi) is 3.96. The summed E-state index contributed by atoms with van der Waals surface area (Å²) in [6.07, 6.45) is 0. The van der Waals surface area contributed by atoms with Crippen LogP contribution in [0.2, 0.25) is 0 Å². The van der Waals surface area contributed by atoms with Gasteiger partial charge in [0.05, 0.1) is 15.1 Å². The van der Waals surface area contributed by atoms with Crippen LogP contribution < -0.4 is 0 Å². The topological polar surface area (TPSA) is 35.5 Å². The van der Waals surface area contributed by atoms with Gasteiger partial charge in [0.2, 0.25) is 5.78 Å². The largest absolute Gasteiger partial charge is 0.345 e. The maximum absolute atomic E-state index is 12.3. The Labute approximate surface area is 139 Å². The molecule has 0 unspecified atom stereocenters. The maximum atomic E-state index is 12.3. The molecule has 2 atom stereocenters. The Morgan fingerprint density at radius 2 is 1.37 bits per heavy atom. The van der Waals surface area contributed by atoms with Gasteiger partial charge in [0.15, 0.2) is 4.87 Å². The van der Waals surface area contributed by atoms with E-state index in [-0.39, 0.29) is 20.1 Å². The Balaban J connectivity index is 2.87. The molecule has 0 radical (unpaired) electrons. The summed E-state index contributed by atoms with van der Waals surface area (Å²) < 4.78 is 10.3. The molecule has 0 N–H and O–H groups in total. The molecule has 9 heteroatoms. The number of halogens is 6. The molecule has 0 spiro atoms. The predicted octanol–water partition coefficient (Wildman–Crippen LogP) is 3.91. The van der Waals surface area contributed by atoms with Crippen LogP contribution in [0.5, 0.6) is 0 Å². The van der Waals surface area contributed by atoms with Crippen LogP contribution in [0.15, 0.2) is 20.1 Å². The molecule has 0 aromatic rings. The van der Waals surface area contributed by atoms with Crippen LogP contribution in [-0.4, -0.2) is 35.5 Å². The van der Waals surface area contributed by atoms with Crippen molar-refractivity contribution in [2.75, 3.05) is 14.2 Å². The van der Waals surface area contributed by atoms with E-state index in [1.807, 2.05) is 0 Å². The molecule has 2 rings (SSSR count). The Morgan fingerprint density at radius 3 is 1.79 bits per heavy atom. The molecule has 0 saturated carbocycles. The van der Waals surface area contributed by atoms with E-state index in [9.17, 15) is 4.79 Å². The van der Waals surface area contributed by atoms with Gasteiger partial charge in [-0.15, -0.1) is 23.2 Å². The van der Waals surface area contributed by atoms with Crippen molar-refractivity contribution in [3.63, 3.8) is 0 Å². The number of allylic oxidation sites excluding steroid dienone is 2. The normalized spacial score (nSPS) is 37.4. The summed E-state index contributed by atoms with van der Waals surface area (Å²) in [6.45, 7) is 0. The van der Waals surface area contributed by atoms with Crippen molar-refractivity contribution in [1.29, 1.82) is 0 Å². The van der Waals surface area contributed by atoms with E-state index in [4.69, 9.17) is 79.1 Å². The molecule has 2 aliphatic rings. The highest BCUT2D eigenvalue weighted by Gasteiger charge is 2.80. The van der Waals surface area contributed by atoms with Gasteiger partial charge in [-0.2, -0.15) is 0 Å². The number of hydrogen-bond donors (Lipinski definition) is 0. The molecule has 0 heterocycles. The van der Waals surface area contributed by atoms with Gasteiger partial charge in [-0.1, -0.05) is 46.4 Å². The van der Waals surface area contributed by atoms with Gasteiger partial charge < -0.3 is 9.47 Å². The van der Waals surface area contributed by atoms with Gasteiger partial charge in [0.25, 0.3) is 5.79 Å². The van der Waals surface area contributed by atoms with E-state index in [0.29, 0.717) is 0 Å². The molecule has 0 bridgehead atoms. The number of fused-ring (bicyclic) bond motifs is 1. The lowest BCUT2D eigenvalue weighted by atomic mass is 9.68. The third-order valence-corrected chi connectivity index (χ3v) is 7.04. The third-order valence-electron chi connectivity index (χ3n) is 3.29. The van der Waals surface area contributed by atoms with E-state index in [1.54, 1.807) is 0 Å². The molecular formula is C10H6Cl6O3. The van der Waals surface area contributed by atoms with E-state index < -0.39 is 21.3 Å². The monoisotopic (exact) mass is 384 g/mol. The highest BCUT2D eigenvalue weighted by atomic mass is 35.5. The predicted molar refractivity (Wildman–Crippen MR) is 76.4 cm³/mol. The molecule has 3 nitrogen and oxygen atoms in total. The highest BCUT2D eigenvalue weighted by molar-refractivity contribution is 6.64. The fourth-order valence-corrected chi connectivity index (χ4v) is 4.91. The average Bonchev–Trinajstić information content (AvgIpc) is 2.43. The SMILES string of the molecule is COC1(OC)C(=O)C(Cl)=C(Cl)[C@@]2(Cl)C(Cl)=C(Cl)[C@@]12Cl. The first-order valence-corrected chi connectivity index (χ1v) is 7.08. The first kappa shape index (κ1) is 16.2. The molecular weight excluding hydrogens is 381 g/mol. The summed E-state index contributed by atoms with van der Waals surface area (Å²) in [6, 6.07) is 0.